The third-order valence-corrected chi connectivity index (χ3v) is 7.39. The van der Waals surface area contributed by atoms with Crippen LogP contribution in [0.1, 0.15) is 69.1 Å². The molecule has 194 valence electrons. The number of fused-ring (bicyclic) bond motifs is 1. The number of benzene rings is 1. The van der Waals surface area contributed by atoms with Crippen molar-refractivity contribution in [2.45, 2.75) is 64.6 Å². The van der Waals surface area contributed by atoms with Gasteiger partial charge in [-0.2, -0.15) is 10.4 Å². The number of hydrogen-bond donors (Lipinski definition) is 0. The zero-order chi connectivity index (χ0) is 26.0. The summed E-state index contributed by atoms with van der Waals surface area (Å²) in [6.07, 6.45) is 7.59. The van der Waals surface area contributed by atoms with Gasteiger partial charge in [-0.3, -0.25) is 0 Å². The summed E-state index contributed by atoms with van der Waals surface area (Å²) in [5, 5.41) is 14.6. The number of aromatic nitrogens is 2. The zero-order valence-corrected chi connectivity index (χ0v) is 21.8. The van der Waals surface area contributed by atoms with Crippen molar-refractivity contribution in [3.05, 3.63) is 65.5 Å². The van der Waals surface area contributed by atoms with Crippen molar-refractivity contribution in [1.29, 1.82) is 5.26 Å². The normalized spacial score (nSPS) is 17.4. The summed E-state index contributed by atoms with van der Waals surface area (Å²) in [6, 6.07) is 14.0. The fourth-order valence-corrected chi connectivity index (χ4v) is 5.53. The maximum absolute atomic E-state index is 12.4. The molecule has 1 spiro atoms. The van der Waals surface area contributed by atoms with Crippen LogP contribution in [-0.4, -0.2) is 46.1 Å². The van der Waals surface area contributed by atoms with Crippen molar-refractivity contribution in [2.24, 2.45) is 5.41 Å². The van der Waals surface area contributed by atoms with Gasteiger partial charge in [0, 0.05) is 36.3 Å². The summed E-state index contributed by atoms with van der Waals surface area (Å²) in [5.41, 5.74) is 3.15. The van der Waals surface area contributed by atoms with Gasteiger partial charge in [-0.05, 0) is 57.9 Å². The molecule has 0 unspecified atom stereocenters. The van der Waals surface area contributed by atoms with Gasteiger partial charge in [0.1, 0.15) is 23.0 Å². The number of amides is 1. The Bertz CT molecular complexity index is 1290. The second kappa shape index (κ2) is 10.1. The molecule has 37 heavy (non-hydrogen) atoms. The number of nitriles is 1. The number of rotatable bonds is 6. The predicted octanol–water partition coefficient (Wildman–Crippen LogP) is 5.65. The fraction of sp³-hybridized carbons (Fsp3) is 0.483. The molecule has 1 saturated heterocycles. The minimum atomic E-state index is -0.476. The van der Waals surface area contributed by atoms with Crippen molar-refractivity contribution in [1.82, 2.24) is 14.5 Å². The van der Waals surface area contributed by atoms with E-state index in [2.05, 4.69) is 11.2 Å². The molecule has 0 bridgehead atoms. The Labute approximate surface area is 217 Å². The lowest BCUT2D eigenvalue weighted by Gasteiger charge is -2.53. The highest BCUT2D eigenvalue weighted by molar-refractivity contribution is 5.71. The first-order valence-electron chi connectivity index (χ1n) is 12.9. The molecule has 2 aliphatic rings. The lowest BCUT2D eigenvalue weighted by atomic mass is 9.65. The Morgan fingerprint density at radius 1 is 1.16 bits per heavy atom. The number of nitrogens with zero attached hydrogens (tertiary/aromatic N) is 4. The van der Waals surface area contributed by atoms with Gasteiger partial charge in [0.25, 0.3) is 0 Å². The van der Waals surface area contributed by atoms with E-state index in [9.17, 15) is 10.1 Å². The van der Waals surface area contributed by atoms with Crippen molar-refractivity contribution in [3.8, 4) is 11.8 Å². The van der Waals surface area contributed by atoms with E-state index in [1.807, 2.05) is 68.4 Å². The lowest BCUT2D eigenvalue weighted by Crippen LogP contribution is -2.60. The summed E-state index contributed by atoms with van der Waals surface area (Å²) in [7, 11) is 0. The molecular formula is C29H34N4O4. The molecule has 8 heteroatoms. The van der Waals surface area contributed by atoms with Crippen LogP contribution in [0.5, 0.6) is 5.75 Å². The van der Waals surface area contributed by atoms with Gasteiger partial charge < -0.3 is 19.1 Å². The molecule has 1 aliphatic carbocycles. The van der Waals surface area contributed by atoms with Gasteiger partial charge in [0.15, 0.2) is 6.79 Å². The second-order valence-corrected chi connectivity index (χ2v) is 11.3. The van der Waals surface area contributed by atoms with Crippen LogP contribution in [0.4, 0.5) is 4.79 Å². The topological polar surface area (TPSA) is 89.1 Å². The van der Waals surface area contributed by atoms with E-state index in [1.165, 1.54) is 0 Å². The minimum Gasteiger partial charge on any atom is -0.466 e. The molecule has 1 aliphatic heterocycles. The van der Waals surface area contributed by atoms with Gasteiger partial charge in [-0.1, -0.05) is 30.3 Å². The largest absolute Gasteiger partial charge is 0.466 e. The van der Waals surface area contributed by atoms with E-state index in [1.54, 1.807) is 10.6 Å². The fourth-order valence-electron chi connectivity index (χ4n) is 5.53. The average Bonchev–Trinajstić information content (AvgIpc) is 3.29. The SMILES string of the molecule is CC(C)(C)OC(=O)N1CC2(CCC(c3cnn4ccc(OCOCc5ccccc5)c(C#N)c34)CC2)C1. The Morgan fingerprint density at radius 2 is 1.89 bits per heavy atom. The Morgan fingerprint density at radius 3 is 2.57 bits per heavy atom. The minimum absolute atomic E-state index is 0.0588. The van der Waals surface area contributed by atoms with Gasteiger partial charge in [-0.25, -0.2) is 9.31 Å². The number of carbonyl (C=O) groups is 1. The molecule has 3 aromatic rings. The van der Waals surface area contributed by atoms with Crippen LogP contribution >= 0.6 is 0 Å². The van der Waals surface area contributed by atoms with Crippen molar-refractivity contribution >= 4 is 11.6 Å². The molecule has 0 atom stereocenters. The first-order chi connectivity index (χ1) is 17.8. The quantitative estimate of drug-likeness (QED) is 0.319. The van der Waals surface area contributed by atoms with Crippen LogP contribution < -0.4 is 4.74 Å². The molecule has 1 aromatic carbocycles. The summed E-state index contributed by atoms with van der Waals surface area (Å²) in [4.78, 5) is 14.2. The highest BCUT2D eigenvalue weighted by atomic mass is 16.7. The smallest absolute Gasteiger partial charge is 0.410 e. The summed E-state index contributed by atoms with van der Waals surface area (Å²) < 4.78 is 18.8. The molecule has 8 nitrogen and oxygen atoms in total. The number of carbonyl (C=O) groups excluding carboxylic acids is 1. The van der Waals surface area contributed by atoms with Gasteiger partial charge in [0.2, 0.25) is 0 Å². The maximum Gasteiger partial charge on any atom is 0.410 e. The van der Waals surface area contributed by atoms with Crippen molar-refractivity contribution in [3.63, 3.8) is 0 Å². The molecule has 1 amide bonds. The molecule has 1 saturated carbocycles. The Hall–Kier alpha value is -3.57. The Balaban J connectivity index is 1.22. The molecule has 0 radical (unpaired) electrons. The van der Waals surface area contributed by atoms with E-state index in [-0.39, 0.29) is 18.3 Å². The highest BCUT2D eigenvalue weighted by Gasteiger charge is 2.48. The van der Waals surface area contributed by atoms with Crippen LogP contribution in [0.25, 0.3) is 5.52 Å². The van der Waals surface area contributed by atoms with E-state index in [4.69, 9.17) is 14.2 Å². The number of ether oxygens (including phenoxy) is 3. The highest BCUT2D eigenvalue weighted by Crippen LogP contribution is 2.49. The first kappa shape index (κ1) is 25.1. The van der Waals surface area contributed by atoms with E-state index in [0.29, 0.717) is 23.8 Å². The third kappa shape index (κ3) is 5.42. The monoisotopic (exact) mass is 502 g/mol. The average molecular weight is 503 g/mol. The molecule has 2 aromatic heterocycles. The summed E-state index contributed by atoms with van der Waals surface area (Å²) in [5.74, 6) is 0.819. The van der Waals surface area contributed by atoms with Crippen LogP contribution in [0.3, 0.4) is 0 Å². The molecular weight excluding hydrogens is 468 g/mol. The van der Waals surface area contributed by atoms with E-state index in [0.717, 1.165) is 55.4 Å². The molecule has 3 heterocycles. The van der Waals surface area contributed by atoms with Crippen LogP contribution in [0.15, 0.2) is 48.8 Å². The Kier molecular flexibility index (Phi) is 6.82. The second-order valence-electron chi connectivity index (χ2n) is 11.3. The zero-order valence-electron chi connectivity index (χ0n) is 21.8. The lowest BCUT2D eigenvalue weighted by molar-refractivity contribution is -0.0505. The van der Waals surface area contributed by atoms with Crippen LogP contribution in [0.2, 0.25) is 0 Å². The third-order valence-electron chi connectivity index (χ3n) is 7.39. The maximum atomic E-state index is 12.4. The summed E-state index contributed by atoms with van der Waals surface area (Å²) in [6.45, 7) is 7.70. The molecule has 5 rings (SSSR count). The van der Waals surface area contributed by atoms with Gasteiger partial charge in [0.05, 0.1) is 18.3 Å². The van der Waals surface area contributed by atoms with Gasteiger partial charge >= 0.3 is 6.09 Å². The number of pyridine rings is 1. The molecule has 2 fully saturated rings. The number of hydrogen-bond acceptors (Lipinski definition) is 6. The summed E-state index contributed by atoms with van der Waals surface area (Å²) >= 11 is 0. The predicted molar refractivity (Wildman–Crippen MR) is 138 cm³/mol. The van der Waals surface area contributed by atoms with Gasteiger partial charge in [-0.15, -0.1) is 0 Å². The van der Waals surface area contributed by atoms with E-state index < -0.39 is 5.60 Å². The first-order valence-corrected chi connectivity index (χ1v) is 12.9. The molecule has 0 N–H and O–H groups in total. The van der Waals surface area contributed by atoms with E-state index >= 15 is 0 Å². The van der Waals surface area contributed by atoms with Crippen LogP contribution in [-0.2, 0) is 16.1 Å². The number of likely N-dealkylation sites (tertiary alicyclic amines) is 1. The standard InChI is InChI=1S/C29H34N4O4/c1-28(2,3)37-27(34)32-18-29(19-32)12-9-22(10-13-29)24-16-31-33-14-11-25(23(15-30)26(24)33)36-20-35-17-21-7-5-4-6-8-21/h4-8,11,14,16,22H,9-10,12-13,17-20H2,1-3H3. The van der Waals surface area contributed by atoms with Crippen molar-refractivity contribution < 1.29 is 19.0 Å². The van der Waals surface area contributed by atoms with Crippen molar-refractivity contribution in [2.75, 3.05) is 19.9 Å². The van der Waals surface area contributed by atoms with Crippen LogP contribution in [0, 0.1) is 16.7 Å².